The van der Waals surface area contributed by atoms with Crippen LogP contribution in [0.3, 0.4) is 0 Å². The molecule has 1 aromatic carbocycles. The van der Waals surface area contributed by atoms with Gasteiger partial charge in [0.05, 0.1) is 0 Å². The summed E-state index contributed by atoms with van der Waals surface area (Å²) in [6.45, 7) is 1.45. The van der Waals surface area contributed by atoms with E-state index in [1.165, 1.54) is 6.92 Å². The zero-order valence-corrected chi connectivity index (χ0v) is 11.6. The Hall–Kier alpha value is -2.54. The lowest BCUT2D eigenvalue weighted by atomic mass is 10.2. The van der Waals surface area contributed by atoms with Crippen molar-refractivity contribution in [2.45, 2.75) is 6.92 Å². The second-order valence-corrected chi connectivity index (χ2v) is 4.46. The molecular weight excluding hydrogens is 274 g/mol. The number of nitrogens with two attached hydrogens (primary N) is 1. The van der Waals surface area contributed by atoms with Crippen LogP contribution in [-0.2, 0) is 4.79 Å². The topological polar surface area (TPSA) is 92.9 Å². The molecule has 0 aliphatic heterocycles. The van der Waals surface area contributed by atoms with E-state index in [4.69, 9.17) is 18.0 Å². The van der Waals surface area contributed by atoms with E-state index in [1.54, 1.807) is 24.4 Å². The Labute approximate surface area is 121 Å². The highest BCUT2D eigenvalue weighted by Gasteiger charge is 2.03. The maximum atomic E-state index is 11.0. The molecule has 2 rings (SSSR count). The second kappa shape index (κ2) is 6.07. The van der Waals surface area contributed by atoms with E-state index in [2.05, 4.69) is 20.6 Å². The average Bonchev–Trinajstić information content (AvgIpc) is 2.38. The van der Waals surface area contributed by atoms with Gasteiger partial charge in [-0.1, -0.05) is 18.3 Å². The normalized spacial score (nSPS) is 9.85. The van der Waals surface area contributed by atoms with Gasteiger partial charge < -0.3 is 16.4 Å². The van der Waals surface area contributed by atoms with Gasteiger partial charge in [-0.15, -0.1) is 0 Å². The number of rotatable bonds is 4. The lowest BCUT2D eigenvalue weighted by Crippen LogP contribution is -2.12. The predicted octanol–water partition coefficient (Wildman–Crippen LogP) is 1.81. The average molecular weight is 287 g/mol. The van der Waals surface area contributed by atoms with Crippen LogP contribution in [0, 0.1) is 0 Å². The van der Waals surface area contributed by atoms with Crippen molar-refractivity contribution in [1.29, 1.82) is 0 Å². The third kappa shape index (κ3) is 3.72. The Kier molecular flexibility index (Phi) is 4.21. The summed E-state index contributed by atoms with van der Waals surface area (Å²) in [5.74, 6) is 0.254. The first kappa shape index (κ1) is 13.9. The quantitative estimate of drug-likeness (QED) is 0.743. The second-order valence-electron chi connectivity index (χ2n) is 4.02. The summed E-state index contributed by atoms with van der Waals surface area (Å²) < 4.78 is 0. The lowest BCUT2D eigenvalue weighted by Gasteiger charge is -2.08. The molecule has 1 amide bonds. The molecule has 2 aromatic rings. The lowest BCUT2D eigenvalue weighted by molar-refractivity contribution is -0.114. The van der Waals surface area contributed by atoms with Gasteiger partial charge in [0.1, 0.15) is 10.7 Å². The maximum Gasteiger partial charge on any atom is 0.227 e. The minimum Gasteiger partial charge on any atom is -0.388 e. The molecule has 0 saturated carbocycles. The third-order valence-electron chi connectivity index (χ3n) is 2.35. The van der Waals surface area contributed by atoms with E-state index in [1.807, 2.05) is 12.1 Å². The molecule has 102 valence electrons. The van der Waals surface area contributed by atoms with Gasteiger partial charge in [-0.2, -0.15) is 0 Å². The van der Waals surface area contributed by atoms with Crippen LogP contribution < -0.4 is 16.4 Å². The molecule has 0 aliphatic rings. The zero-order valence-electron chi connectivity index (χ0n) is 10.8. The van der Waals surface area contributed by atoms with E-state index in [-0.39, 0.29) is 10.9 Å². The highest BCUT2D eigenvalue weighted by molar-refractivity contribution is 7.80. The summed E-state index contributed by atoms with van der Waals surface area (Å²) in [6, 6.07) is 8.85. The van der Waals surface area contributed by atoms with E-state index >= 15 is 0 Å². The number of thiocarbonyl (C=S) groups is 1. The first-order chi connectivity index (χ1) is 9.54. The molecule has 0 aliphatic carbocycles. The van der Waals surface area contributed by atoms with Gasteiger partial charge in [-0.3, -0.25) is 4.79 Å². The van der Waals surface area contributed by atoms with Gasteiger partial charge in [0, 0.05) is 24.5 Å². The van der Waals surface area contributed by atoms with Crippen LogP contribution in [0.15, 0.2) is 36.5 Å². The molecule has 1 aromatic heterocycles. The number of amides is 1. The molecule has 1 heterocycles. The number of nitrogens with zero attached hydrogens (tertiary/aromatic N) is 2. The van der Waals surface area contributed by atoms with Crippen LogP contribution in [0.5, 0.6) is 0 Å². The molecule has 0 saturated heterocycles. The summed E-state index contributed by atoms with van der Waals surface area (Å²) in [5.41, 5.74) is 7.45. The minimum atomic E-state index is -0.131. The van der Waals surface area contributed by atoms with Crippen LogP contribution in [0.4, 0.5) is 17.3 Å². The highest BCUT2D eigenvalue weighted by Crippen LogP contribution is 2.18. The van der Waals surface area contributed by atoms with Crippen molar-refractivity contribution >= 4 is 40.4 Å². The number of benzene rings is 1. The maximum absolute atomic E-state index is 11.0. The largest absolute Gasteiger partial charge is 0.388 e. The first-order valence-corrected chi connectivity index (χ1v) is 6.23. The van der Waals surface area contributed by atoms with Crippen LogP contribution >= 0.6 is 12.2 Å². The standard InChI is InChI=1S/C13H13N5OS/c1-8(19)16-9-3-2-4-10(7-9)17-13-15-6-5-11(18-13)12(14)20/h2-7H,1H3,(H2,14,20)(H,16,19)(H,15,17,18). The smallest absolute Gasteiger partial charge is 0.227 e. The summed E-state index contributed by atoms with van der Waals surface area (Å²) in [6.07, 6.45) is 1.57. The Bertz CT molecular complexity index is 659. The zero-order chi connectivity index (χ0) is 14.5. The van der Waals surface area contributed by atoms with Crippen molar-refractivity contribution in [2.75, 3.05) is 10.6 Å². The summed E-state index contributed by atoms with van der Waals surface area (Å²) in [5, 5.41) is 5.72. The van der Waals surface area contributed by atoms with E-state index in [9.17, 15) is 4.79 Å². The van der Waals surface area contributed by atoms with Crippen molar-refractivity contribution < 1.29 is 4.79 Å². The summed E-state index contributed by atoms with van der Waals surface area (Å²) >= 11 is 4.87. The van der Waals surface area contributed by atoms with Gasteiger partial charge in [0.15, 0.2) is 0 Å². The molecule has 4 N–H and O–H groups in total. The fraction of sp³-hybridized carbons (Fsp3) is 0.0769. The van der Waals surface area contributed by atoms with Crippen molar-refractivity contribution in [3.05, 3.63) is 42.2 Å². The monoisotopic (exact) mass is 287 g/mol. The summed E-state index contributed by atoms with van der Waals surface area (Å²) in [4.78, 5) is 19.5. The van der Waals surface area contributed by atoms with Gasteiger partial charge in [0.2, 0.25) is 11.9 Å². The van der Waals surface area contributed by atoms with Gasteiger partial charge >= 0.3 is 0 Å². The number of carbonyl (C=O) groups is 1. The molecule has 0 fully saturated rings. The van der Waals surface area contributed by atoms with Gasteiger partial charge in [-0.05, 0) is 24.3 Å². The number of anilines is 3. The molecule has 20 heavy (non-hydrogen) atoms. The number of hydrogen-bond donors (Lipinski definition) is 3. The molecule has 0 radical (unpaired) electrons. The van der Waals surface area contributed by atoms with E-state index < -0.39 is 0 Å². The fourth-order valence-corrected chi connectivity index (χ4v) is 1.68. The predicted molar refractivity (Wildman–Crippen MR) is 81.9 cm³/mol. The Morgan fingerprint density at radius 3 is 2.75 bits per heavy atom. The van der Waals surface area contributed by atoms with Crippen molar-refractivity contribution in [3.63, 3.8) is 0 Å². The number of nitrogens with one attached hydrogen (secondary N) is 2. The van der Waals surface area contributed by atoms with Gasteiger partial charge in [-0.25, -0.2) is 9.97 Å². The molecule has 0 unspecified atom stereocenters. The van der Waals surface area contributed by atoms with E-state index in [0.717, 1.165) is 5.69 Å². The molecule has 0 bridgehead atoms. The fourth-order valence-electron chi connectivity index (χ4n) is 1.56. The third-order valence-corrected chi connectivity index (χ3v) is 2.56. The van der Waals surface area contributed by atoms with Gasteiger partial charge in [0.25, 0.3) is 0 Å². The summed E-state index contributed by atoms with van der Waals surface area (Å²) in [7, 11) is 0. The molecular formula is C13H13N5OS. The van der Waals surface area contributed by atoms with Crippen LogP contribution in [-0.4, -0.2) is 20.9 Å². The Balaban J connectivity index is 2.19. The minimum absolute atomic E-state index is 0.131. The van der Waals surface area contributed by atoms with E-state index in [0.29, 0.717) is 17.3 Å². The van der Waals surface area contributed by atoms with Crippen molar-refractivity contribution in [2.24, 2.45) is 5.73 Å². The Morgan fingerprint density at radius 1 is 1.30 bits per heavy atom. The molecule has 6 nitrogen and oxygen atoms in total. The number of aromatic nitrogens is 2. The van der Waals surface area contributed by atoms with Crippen molar-refractivity contribution in [1.82, 2.24) is 9.97 Å². The molecule has 0 atom stereocenters. The highest BCUT2D eigenvalue weighted by atomic mass is 32.1. The molecule has 7 heteroatoms. The van der Waals surface area contributed by atoms with Crippen LogP contribution in [0.1, 0.15) is 12.6 Å². The molecule has 0 spiro atoms. The van der Waals surface area contributed by atoms with Crippen molar-refractivity contribution in [3.8, 4) is 0 Å². The van der Waals surface area contributed by atoms with Crippen LogP contribution in [0.25, 0.3) is 0 Å². The number of hydrogen-bond acceptors (Lipinski definition) is 5. The first-order valence-electron chi connectivity index (χ1n) is 5.82. The SMILES string of the molecule is CC(=O)Nc1cccc(Nc2nccc(C(N)=S)n2)c1. The van der Waals surface area contributed by atoms with Crippen LogP contribution in [0.2, 0.25) is 0 Å². The number of carbonyl (C=O) groups excluding carboxylic acids is 1. The Morgan fingerprint density at radius 2 is 2.05 bits per heavy atom.